The van der Waals surface area contributed by atoms with E-state index in [9.17, 15) is 5.11 Å². The minimum atomic E-state index is -0.173. The molecule has 0 amide bonds. The van der Waals surface area contributed by atoms with Crippen LogP contribution in [0.3, 0.4) is 0 Å². The zero-order valence-electron chi connectivity index (χ0n) is 14.7. The van der Waals surface area contributed by atoms with Crippen molar-refractivity contribution >= 4 is 18.0 Å². The predicted octanol–water partition coefficient (Wildman–Crippen LogP) is 2.05. The monoisotopic (exact) mass is 335 g/mol. The molecule has 4 nitrogen and oxygen atoms in total. The summed E-state index contributed by atoms with van der Waals surface area (Å²) in [6.45, 7) is 3.82. The molecule has 1 N–H and O–H groups in total. The number of rotatable bonds is 2. The van der Waals surface area contributed by atoms with Crippen molar-refractivity contribution in [3.05, 3.63) is 52.5 Å². The van der Waals surface area contributed by atoms with Gasteiger partial charge in [0.1, 0.15) is 0 Å². The van der Waals surface area contributed by atoms with E-state index in [-0.39, 0.29) is 6.10 Å². The normalized spacial score (nSPS) is 18.1. The Bertz CT molecular complexity index is 884. The number of aryl methyl sites for hydroxylation is 1. The van der Waals surface area contributed by atoms with Crippen molar-refractivity contribution in [2.45, 2.75) is 38.7 Å². The summed E-state index contributed by atoms with van der Waals surface area (Å²) in [5.41, 5.74) is 2.35. The van der Waals surface area contributed by atoms with E-state index in [4.69, 9.17) is 5.10 Å². The smallest absolute Gasteiger partial charge is 0.159 e. The van der Waals surface area contributed by atoms with Crippen molar-refractivity contribution in [1.29, 1.82) is 0 Å². The minimum Gasteiger partial charge on any atom is -0.393 e. The fourth-order valence-corrected chi connectivity index (χ4v) is 3.56. The van der Waals surface area contributed by atoms with Gasteiger partial charge in [-0.2, -0.15) is 0 Å². The molecule has 4 heteroatoms. The van der Waals surface area contributed by atoms with Crippen LogP contribution >= 0.6 is 0 Å². The summed E-state index contributed by atoms with van der Waals surface area (Å²) in [6, 6.07) is 8.53. The molecule has 130 valence electrons. The van der Waals surface area contributed by atoms with Crippen molar-refractivity contribution in [1.82, 2.24) is 9.78 Å². The van der Waals surface area contributed by atoms with Gasteiger partial charge < -0.3 is 10.0 Å². The highest BCUT2D eigenvalue weighted by Crippen LogP contribution is 2.16. The maximum atomic E-state index is 9.83. The Morgan fingerprint density at radius 3 is 2.60 bits per heavy atom. The first-order valence-corrected chi connectivity index (χ1v) is 9.18. The molecule has 2 aromatic rings. The molecule has 0 bridgehead atoms. The van der Waals surface area contributed by atoms with E-state index in [0.717, 1.165) is 50.3 Å². The Labute approximate surface area is 148 Å². The fourth-order valence-electron chi connectivity index (χ4n) is 3.56. The maximum Gasteiger partial charge on any atom is 0.159 e. The van der Waals surface area contributed by atoms with Gasteiger partial charge in [-0.15, -0.1) is 5.10 Å². The van der Waals surface area contributed by atoms with E-state index in [0.29, 0.717) is 0 Å². The van der Waals surface area contributed by atoms with Crippen LogP contribution < -0.4 is 15.5 Å². The van der Waals surface area contributed by atoms with Crippen molar-refractivity contribution in [3.8, 4) is 5.69 Å². The highest BCUT2D eigenvalue weighted by atomic mass is 16.3. The Balaban J connectivity index is 1.87. The molecule has 0 spiro atoms. The number of allylic oxidation sites excluding steroid dienone is 2. The molecule has 25 heavy (non-hydrogen) atoms. The van der Waals surface area contributed by atoms with Crippen LogP contribution in [-0.2, 0) is 0 Å². The summed E-state index contributed by atoms with van der Waals surface area (Å²) in [5, 5.41) is 17.2. The number of hydrogen-bond donors (Lipinski definition) is 1. The zero-order valence-corrected chi connectivity index (χ0v) is 14.7. The van der Waals surface area contributed by atoms with Crippen molar-refractivity contribution in [2.75, 3.05) is 18.0 Å². The molecule has 4 rings (SSSR count). The van der Waals surface area contributed by atoms with Crippen LogP contribution in [-0.4, -0.2) is 34.1 Å². The molecule has 0 atom stereocenters. The van der Waals surface area contributed by atoms with Gasteiger partial charge in [-0.05, 0) is 50.8 Å². The van der Waals surface area contributed by atoms with Crippen LogP contribution in [0, 0.1) is 6.92 Å². The van der Waals surface area contributed by atoms with E-state index in [2.05, 4.69) is 65.1 Å². The number of aromatic nitrogens is 2. The SMILES string of the molecule is Cc1ccc(-n2nc(N3CCC(O)CC3)c3c2=CCCC=CC=3)cc1. The number of nitrogens with zero attached hydrogens (tertiary/aromatic N) is 3. The molecule has 1 aromatic heterocycles. The van der Waals surface area contributed by atoms with E-state index < -0.39 is 0 Å². The second-order valence-electron chi connectivity index (χ2n) is 6.96. The third kappa shape index (κ3) is 3.27. The quantitative estimate of drug-likeness (QED) is 0.913. The van der Waals surface area contributed by atoms with Gasteiger partial charge in [0.05, 0.1) is 17.1 Å². The van der Waals surface area contributed by atoms with Gasteiger partial charge in [0.2, 0.25) is 0 Å². The third-order valence-corrected chi connectivity index (χ3v) is 5.05. The van der Waals surface area contributed by atoms with Crippen LogP contribution in [0.1, 0.15) is 31.2 Å². The second-order valence-corrected chi connectivity index (χ2v) is 6.96. The number of aliphatic hydroxyl groups excluding tert-OH is 1. The largest absolute Gasteiger partial charge is 0.393 e. The summed E-state index contributed by atoms with van der Waals surface area (Å²) >= 11 is 0. The molecular formula is C21H25N3O. The number of anilines is 1. The molecule has 0 saturated carbocycles. The van der Waals surface area contributed by atoms with Gasteiger partial charge in [-0.25, -0.2) is 4.68 Å². The van der Waals surface area contributed by atoms with Crippen LogP contribution in [0.5, 0.6) is 0 Å². The lowest BCUT2D eigenvalue weighted by atomic mass is 10.1. The summed E-state index contributed by atoms with van der Waals surface area (Å²) < 4.78 is 2.07. The van der Waals surface area contributed by atoms with Gasteiger partial charge in [0.25, 0.3) is 0 Å². The Morgan fingerprint density at radius 2 is 1.84 bits per heavy atom. The first kappa shape index (κ1) is 16.2. The first-order valence-electron chi connectivity index (χ1n) is 9.18. The molecule has 1 aromatic carbocycles. The van der Waals surface area contributed by atoms with E-state index in [1.807, 2.05) is 0 Å². The zero-order chi connectivity index (χ0) is 17.2. The highest BCUT2D eigenvalue weighted by Gasteiger charge is 2.21. The van der Waals surface area contributed by atoms with Crippen LogP contribution in [0.15, 0.2) is 36.4 Å². The van der Waals surface area contributed by atoms with Crippen LogP contribution in [0.2, 0.25) is 0 Å². The maximum absolute atomic E-state index is 9.83. The first-order chi connectivity index (χ1) is 12.2. The van der Waals surface area contributed by atoms with Gasteiger partial charge in [0.15, 0.2) is 5.82 Å². The molecular weight excluding hydrogens is 310 g/mol. The molecule has 1 aliphatic heterocycles. The average Bonchev–Trinajstić information content (AvgIpc) is 2.93. The Morgan fingerprint density at radius 1 is 1.08 bits per heavy atom. The van der Waals surface area contributed by atoms with Crippen molar-refractivity contribution in [3.63, 3.8) is 0 Å². The second kappa shape index (κ2) is 6.89. The fraction of sp³-hybridized carbons (Fsp3) is 0.381. The van der Waals surface area contributed by atoms with Crippen molar-refractivity contribution in [2.24, 2.45) is 0 Å². The summed E-state index contributed by atoms with van der Waals surface area (Å²) in [6.07, 6.45) is 12.4. The van der Waals surface area contributed by atoms with Crippen LogP contribution in [0.25, 0.3) is 17.8 Å². The summed E-state index contributed by atoms with van der Waals surface area (Å²) in [5.74, 6) is 1.03. The molecule has 1 fully saturated rings. The number of hydrogen-bond acceptors (Lipinski definition) is 3. The molecule has 1 aliphatic carbocycles. The lowest BCUT2D eigenvalue weighted by molar-refractivity contribution is 0.145. The van der Waals surface area contributed by atoms with E-state index in [1.54, 1.807) is 0 Å². The minimum absolute atomic E-state index is 0.173. The third-order valence-electron chi connectivity index (χ3n) is 5.05. The van der Waals surface area contributed by atoms with Gasteiger partial charge >= 0.3 is 0 Å². The lowest BCUT2D eigenvalue weighted by Gasteiger charge is -2.29. The van der Waals surface area contributed by atoms with Gasteiger partial charge in [0, 0.05) is 18.3 Å². The van der Waals surface area contributed by atoms with Crippen molar-refractivity contribution < 1.29 is 5.11 Å². The number of aliphatic hydroxyl groups is 1. The molecule has 0 radical (unpaired) electrons. The summed E-state index contributed by atoms with van der Waals surface area (Å²) in [4.78, 5) is 2.32. The lowest BCUT2D eigenvalue weighted by Crippen LogP contribution is -2.39. The molecule has 2 aliphatic rings. The Hall–Kier alpha value is -2.33. The van der Waals surface area contributed by atoms with Gasteiger partial charge in [-0.1, -0.05) is 35.9 Å². The molecule has 2 heterocycles. The highest BCUT2D eigenvalue weighted by molar-refractivity contribution is 5.53. The van der Waals surface area contributed by atoms with Gasteiger partial charge in [-0.3, -0.25) is 0 Å². The molecule has 1 saturated heterocycles. The number of fused-ring (bicyclic) bond motifs is 1. The topological polar surface area (TPSA) is 41.3 Å². The Kier molecular flexibility index (Phi) is 4.45. The summed E-state index contributed by atoms with van der Waals surface area (Å²) in [7, 11) is 0. The standard InChI is InChI=1S/C21H25N3O/c1-16-8-10-17(11-9-16)24-20-7-5-3-2-4-6-19(20)21(22-24)23-14-12-18(25)13-15-23/h2,4,6-11,18,25H,3,5,12-15H2,1H3. The van der Waals surface area contributed by atoms with Crippen LogP contribution in [0.4, 0.5) is 5.82 Å². The predicted molar refractivity (Wildman–Crippen MR) is 102 cm³/mol. The number of benzene rings is 1. The van der Waals surface area contributed by atoms with E-state index >= 15 is 0 Å². The average molecular weight is 335 g/mol. The van der Waals surface area contributed by atoms with E-state index in [1.165, 1.54) is 16.1 Å². The molecule has 0 unspecified atom stereocenters. The number of piperidine rings is 1.